The molecule has 2 nitrogen and oxygen atoms in total. The number of aryl methyl sites for hydroxylation is 1. The molecule has 14 heavy (non-hydrogen) atoms. The van der Waals surface area contributed by atoms with Crippen molar-refractivity contribution < 1.29 is 5.11 Å². The van der Waals surface area contributed by atoms with E-state index < -0.39 is 0 Å². The highest BCUT2D eigenvalue weighted by molar-refractivity contribution is 5.36. The van der Waals surface area contributed by atoms with Crippen molar-refractivity contribution in [2.75, 3.05) is 0 Å². The number of nitrogens with two attached hydrogens (primary N) is 1. The Kier molecular flexibility index (Phi) is 3.53. The summed E-state index contributed by atoms with van der Waals surface area (Å²) in [4.78, 5) is 0. The van der Waals surface area contributed by atoms with Crippen molar-refractivity contribution in [1.82, 2.24) is 0 Å². The zero-order chi connectivity index (χ0) is 10.7. The third kappa shape index (κ3) is 2.26. The molecule has 0 saturated heterocycles. The third-order valence-corrected chi connectivity index (χ3v) is 2.86. The summed E-state index contributed by atoms with van der Waals surface area (Å²) in [5, 5.41) is 9.38. The first-order chi connectivity index (χ1) is 6.56. The van der Waals surface area contributed by atoms with E-state index in [0.29, 0.717) is 11.7 Å². The summed E-state index contributed by atoms with van der Waals surface area (Å²) < 4.78 is 0. The molecule has 0 heterocycles. The lowest BCUT2D eigenvalue weighted by Crippen LogP contribution is -2.18. The first-order valence-corrected chi connectivity index (χ1v) is 5.11. The van der Waals surface area contributed by atoms with Crippen LogP contribution in [0.3, 0.4) is 0 Å². The quantitative estimate of drug-likeness (QED) is 0.775. The van der Waals surface area contributed by atoms with Crippen molar-refractivity contribution in [1.29, 1.82) is 0 Å². The van der Waals surface area contributed by atoms with E-state index in [-0.39, 0.29) is 6.04 Å². The minimum atomic E-state index is 0.0688. The molecule has 0 spiro atoms. The molecule has 0 radical (unpaired) electrons. The lowest BCUT2D eigenvalue weighted by Gasteiger charge is -2.19. The van der Waals surface area contributed by atoms with Crippen LogP contribution in [0.15, 0.2) is 18.2 Å². The van der Waals surface area contributed by atoms with Gasteiger partial charge in [-0.2, -0.15) is 0 Å². The standard InChI is InChI=1S/C12H19NO/c1-4-8(2)12(13)10-5-6-11(14)9(3)7-10/h5-8,12,14H,4,13H2,1-3H3/t8?,12-/m1/s1. The summed E-state index contributed by atoms with van der Waals surface area (Å²) in [7, 11) is 0. The molecule has 0 fully saturated rings. The molecule has 1 aromatic carbocycles. The predicted octanol–water partition coefficient (Wildman–Crippen LogP) is 2.75. The van der Waals surface area contributed by atoms with Crippen LogP contribution in [0, 0.1) is 12.8 Å². The fraction of sp³-hybridized carbons (Fsp3) is 0.500. The molecule has 0 aliphatic heterocycles. The van der Waals surface area contributed by atoms with Crippen LogP contribution in [0.4, 0.5) is 0 Å². The van der Waals surface area contributed by atoms with Gasteiger partial charge >= 0.3 is 0 Å². The van der Waals surface area contributed by atoms with Crippen molar-refractivity contribution in [3.63, 3.8) is 0 Å². The van der Waals surface area contributed by atoms with Crippen LogP contribution in [0.5, 0.6) is 5.75 Å². The highest BCUT2D eigenvalue weighted by Crippen LogP contribution is 2.25. The Morgan fingerprint density at radius 2 is 2.07 bits per heavy atom. The zero-order valence-electron chi connectivity index (χ0n) is 9.12. The maximum absolute atomic E-state index is 9.38. The molecule has 0 aromatic heterocycles. The van der Waals surface area contributed by atoms with E-state index in [2.05, 4.69) is 13.8 Å². The van der Waals surface area contributed by atoms with E-state index in [0.717, 1.165) is 17.5 Å². The first-order valence-electron chi connectivity index (χ1n) is 5.11. The van der Waals surface area contributed by atoms with Crippen molar-refractivity contribution >= 4 is 0 Å². The summed E-state index contributed by atoms with van der Waals surface area (Å²) in [5.74, 6) is 0.809. The highest BCUT2D eigenvalue weighted by Gasteiger charge is 2.13. The average Bonchev–Trinajstić information content (AvgIpc) is 2.20. The van der Waals surface area contributed by atoms with Gasteiger partial charge in [0.25, 0.3) is 0 Å². The lowest BCUT2D eigenvalue weighted by molar-refractivity contribution is 0.452. The van der Waals surface area contributed by atoms with E-state index >= 15 is 0 Å². The second kappa shape index (κ2) is 4.47. The maximum Gasteiger partial charge on any atom is 0.118 e. The Balaban J connectivity index is 2.91. The summed E-state index contributed by atoms with van der Waals surface area (Å²) in [5.41, 5.74) is 8.08. The Morgan fingerprint density at radius 1 is 1.43 bits per heavy atom. The zero-order valence-corrected chi connectivity index (χ0v) is 9.12. The second-order valence-corrected chi connectivity index (χ2v) is 3.96. The lowest BCUT2D eigenvalue weighted by atomic mass is 9.92. The van der Waals surface area contributed by atoms with Crippen LogP contribution in [-0.4, -0.2) is 5.11 Å². The number of aromatic hydroxyl groups is 1. The largest absolute Gasteiger partial charge is 0.508 e. The highest BCUT2D eigenvalue weighted by atomic mass is 16.3. The fourth-order valence-electron chi connectivity index (χ4n) is 1.47. The fourth-order valence-corrected chi connectivity index (χ4v) is 1.47. The Bertz CT molecular complexity index is 309. The van der Waals surface area contributed by atoms with E-state index in [1.54, 1.807) is 6.07 Å². The van der Waals surface area contributed by atoms with E-state index in [4.69, 9.17) is 5.73 Å². The second-order valence-electron chi connectivity index (χ2n) is 3.96. The van der Waals surface area contributed by atoms with E-state index in [9.17, 15) is 5.11 Å². The van der Waals surface area contributed by atoms with Crippen LogP contribution in [0.1, 0.15) is 37.4 Å². The van der Waals surface area contributed by atoms with Gasteiger partial charge in [0.05, 0.1) is 0 Å². The van der Waals surface area contributed by atoms with Gasteiger partial charge in [-0.3, -0.25) is 0 Å². The monoisotopic (exact) mass is 193 g/mol. The molecule has 3 N–H and O–H groups in total. The van der Waals surface area contributed by atoms with Crippen LogP contribution >= 0.6 is 0 Å². The molecule has 1 rings (SSSR count). The number of rotatable bonds is 3. The summed E-state index contributed by atoms with van der Waals surface area (Å²) >= 11 is 0. The maximum atomic E-state index is 9.38. The van der Waals surface area contributed by atoms with Gasteiger partial charge in [0.15, 0.2) is 0 Å². The summed E-state index contributed by atoms with van der Waals surface area (Å²) in [6.07, 6.45) is 1.07. The number of benzene rings is 1. The molecular formula is C12H19NO. The van der Waals surface area contributed by atoms with Gasteiger partial charge in [-0.15, -0.1) is 0 Å². The van der Waals surface area contributed by atoms with Crippen LogP contribution in [0.2, 0.25) is 0 Å². The van der Waals surface area contributed by atoms with Crippen LogP contribution in [0.25, 0.3) is 0 Å². The van der Waals surface area contributed by atoms with Crippen molar-refractivity contribution in [2.24, 2.45) is 11.7 Å². The van der Waals surface area contributed by atoms with Gasteiger partial charge < -0.3 is 10.8 Å². The Morgan fingerprint density at radius 3 is 2.57 bits per heavy atom. The van der Waals surface area contributed by atoms with Crippen LogP contribution < -0.4 is 5.73 Å². The third-order valence-electron chi connectivity index (χ3n) is 2.86. The molecule has 0 amide bonds. The minimum Gasteiger partial charge on any atom is -0.508 e. The van der Waals surface area contributed by atoms with Crippen molar-refractivity contribution in [3.8, 4) is 5.75 Å². The number of phenolic OH excluding ortho intramolecular Hbond substituents is 1. The van der Waals surface area contributed by atoms with Gasteiger partial charge in [-0.1, -0.05) is 32.4 Å². The van der Waals surface area contributed by atoms with Gasteiger partial charge in [0.1, 0.15) is 5.75 Å². The molecule has 1 unspecified atom stereocenters. The van der Waals surface area contributed by atoms with Gasteiger partial charge in [-0.25, -0.2) is 0 Å². The molecule has 0 aliphatic carbocycles. The van der Waals surface area contributed by atoms with Gasteiger partial charge in [0, 0.05) is 6.04 Å². The van der Waals surface area contributed by atoms with Crippen LogP contribution in [-0.2, 0) is 0 Å². The smallest absolute Gasteiger partial charge is 0.118 e. The Hall–Kier alpha value is -1.02. The molecule has 78 valence electrons. The first kappa shape index (κ1) is 11.1. The number of hydrogen-bond donors (Lipinski definition) is 2. The summed E-state index contributed by atoms with van der Waals surface area (Å²) in [6, 6.07) is 5.65. The van der Waals surface area contributed by atoms with Crippen molar-refractivity contribution in [2.45, 2.75) is 33.2 Å². The molecule has 0 bridgehead atoms. The number of phenols is 1. The van der Waals surface area contributed by atoms with Gasteiger partial charge in [0.2, 0.25) is 0 Å². The van der Waals surface area contributed by atoms with Crippen molar-refractivity contribution in [3.05, 3.63) is 29.3 Å². The molecule has 2 atom stereocenters. The molecule has 1 aromatic rings. The SMILES string of the molecule is CCC(C)[C@@H](N)c1ccc(O)c(C)c1. The number of hydrogen-bond acceptors (Lipinski definition) is 2. The summed E-state index contributed by atoms with van der Waals surface area (Å²) in [6.45, 7) is 6.17. The van der Waals surface area contributed by atoms with E-state index in [1.807, 2.05) is 19.1 Å². The molecule has 2 heteroatoms. The minimum absolute atomic E-state index is 0.0688. The molecular weight excluding hydrogens is 174 g/mol. The predicted molar refractivity (Wildman–Crippen MR) is 59.2 cm³/mol. The topological polar surface area (TPSA) is 46.2 Å². The Labute approximate surface area is 85.8 Å². The van der Waals surface area contributed by atoms with E-state index in [1.165, 1.54) is 0 Å². The molecule has 0 aliphatic rings. The average molecular weight is 193 g/mol. The normalized spacial score (nSPS) is 15.1. The van der Waals surface area contributed by atoms with Gasteiger partial charge in [-0.05, 0) is 30.0 Å². The molecule has 0 saturated carbocycles.